The number of hydrogen-bond acceptors (Lipinski definition) is 4. The number of carbonyl (C=O) groups is 1. The zero-order valence-electron chi connectivity index (χ0n) is 13.5. The number of anilines is 1. The molecule has 2 aromatic carbocycles. The summed E-state index contributed by atoms with van der Waals surface area (Å²) in [4.78, 5) is 11.9. The van der Waals surface area contributed by atoms with Crippen LogP contribution in [0.4, 0.5) is 5.69 Å². The summed E-state index contributed by atoms with van der Waals surface area (Å²) >= 11 is 0. The van der Waals surface area contributed by atoms with Gasteiger partial charge in [0.2, 0.25) is 0 Å². The van der Waals surface area contributed by atoms with Gasteiger partial charge in [-0.3, -0.25) is 4.79 Å². The molecule has 23 heavy (non-hydrogen) atoms. The van der Waals surface area contributed by atoms with E-state index in [9.17, 15) is 4.79 Å². The minimum absolute atomic E-state index is 0.0720. The summed E-state index contributed by atoms with van der Waals surface area (Å²) in [5.41, 5.74) is 0.695. The van der Waals surface area contributed by atoms with Crippen molar-refractivity contribution < 1.29 is 19.0 Å². The van der Waals surface area contributed by atoms with Gasteiger partial charge in [0, 0.05) is 11.8 Å². The third-order valence-electron chi connectivity index (χ3n) is 2.92. The molecule has 122 valence electrons. The highest BCUT2D eigenvalue weighted by Crippen LogP contribution is 2.19. The van der Waals surface area contributed by atoms with Crippen molar-refractivity contribution in [3.8, 4) is 17.2 Å². The summed E-state index contributed by atoms with van der Waals surface area (Å²) in [6, 6.07) is 14.3. The Kier molecular flexibility index (Phi) is 5.86. The minimum Gasteiger partial charge on any atom is -0.497 e. The molecule has 1 N–H and O–H groups in total. The van der Waals surface area contributed by atoms with Gasteiger partial charge in [0.15, 0.2) is 6.61 Å². The first-order valence-electron chi connectivity index (χ1n) is 7.40. The summed E-state index contributed by atoms with van der Waals surface area (Å²) in [7, 11) is 1.58. The number of amides is 1. The molecule has 0 radical (unpaired) electrons. The lowest BCUT2D eigenvalue weighted by molar-refractivity contribution is -0.118. The molecule has 0 saturated heterocycles. The number of methoxy groups -OCH3 is 1. The summed E-state index contributed by atoms with van der Waals surface area (Å²) in [6.07, 6.45) is 0.117. The lowest BCUT2D eigenvalue weighted by atomic mass is 10.3. The average Bonchev–Trinajstić information content (AvgIpc) is 2.54. The monoisotopic (exact) mass is 315 g/mol. The highest BCUT2D eigenvalue weighted by atomic mass is 16.5. The zero-order valence-corrected chi connectivity index (χ0v) is 13.5. The van der Waals surface area contributed by atoms with Crippen molar-refractivity contribution in [2.24, 2.45) is 0 Å². The maximum Gasteiger partial charge on any atom is 0.262 e. The molecule has 0 bridgehead atoms. The SMILES string of the molecule is COc1cccc(OCC(=O)Nc2ccc(OC(C)C)cc2)c1. The summed E-state index contributed by atoms with van der Waals surface area (Å²) in [5, 5.41) is 2.77. The number of ether oxygens (including phenoxy) is 3. The Morgan fingerprint density at radius 3 is 2.39 bits per heavy atom. The van der Waals surface area contributed by atoms with E-state index in [1.54, 1.807) is 37.4 Å². The van der Waals surface area contributed by atoms with E-state index in [-0.39, 0.29) is 18.6 Å². The van der Waals surface area contributed by atoms with Crippen LogP contribution in [0.3, 0.4) is 0 Å². The molecule has 1 amide bonds. The molecule has 0 saturated carbocycles. The molecule has 0 unspecified atom stereocenters. The highest BCUT2D eigenvalue weighted by Gasteiger charge is 2.05. The van der Waals surface area contributed by atoms with Crippen molar-refractivity contribution >= 4 is 11.6 Å². The second kappa shape index (κ2) is 8.08. The van der Waals surface area contributed by atoms with E-state index in [1.807, 2.05) is 32.0 Å². The zero-order chi connectivity index (χ0) is 16.7. The lowest BCUT2D eigenvalue weighted by Crippen LogP contribution is -2.20. The second-order valence-electron chi connectivity index (χ2n) is 5.21. The molecule has 0 aliphatic carbocycles. The lowest BCUT2D eigenvalue weighted by Gasteiger charge is -2.11. The van der Waals surface area contributed by atoms with Crippen LogP contribution >= 0.6 is 0 Å². The van der Waals surface area contributed by atoms with Gasteiger partial charge in [0.1, 0.15) is 17.2 Å². The van der Waals surface area contributed by atoms with Gasteiger partial charge in [-0.15, -0.1) is 0 Å². The molecule has 0 fully saturated rings. The van der Waals surface area contributed by atoms with Crippen LogP contribution in [0, 0.1) is 0 Å². The standard InChI is InChI=1S/C18H21NO4/c1-13(2)23-15-9-7-14(8-10-15)19-18(20)12-22-17-6-4-5-16(11-17)21-3/h4-11,13H,12H2,1-3H3,(H,19,20). The quantitative estimate of drug-likeness (QED) is 0.849. The Hall–Kier alpha value is -2.69. The normalized spacial score (nSPS) is 10.3. The van der Waals surface area contributed by atoms with E-state index in [2.05, 4.69) is 5.32 Å². The molecule has 2 rings (SSSR count). The van der Waals surface area contributed by atoms with Gasteiger partial charge in [-0.05, 0) is 50.2 Å². The Labute approximate surface area is 136 Å². The minimum atomic E-state index is -0.231. The maximum absolute atomic E-state index is 11.9. The Bertz CT molecular complexity index is 638. The van der Waals surface area contributed by atoms with Crippen molar-refractivity contribution in [3.63, 3.8) is 0 Å². The third kappa shape index (κ3) is 5.54. The van der Waals surface area contributed by atoms with Crippen molar-refractivity contribution in [1.82, 2.24) is 0 Å². The van der Waals surface area contributed by atoms with Crippen LogP contribution in [0.5, 0.6) is 17.2 Å². The fraction of sp³-hybridized carbons (Fsp3) is 0.278. The maximum atomic E-state index is 11.9. The van der Waals surface area contributed by atoms with Crippen LogP contribution < -0.4 is 19.5 Å². The van der Waals surface area contributed by atoms with Crippen molar-refractivity contribution in [1.29, 1.82) is 0 Å². The van der Waals surface area contributed by atoms with E-state index < -0.39 is 0 Å². The van der Waals surface area contributed by atoms with Gasteiger partial charge in [0.05, 0.1) is 13.2 Å². The molecule has 5 nitrogen and oxygen atoms in total. The molecule has 0 aromatic heterocycles. The molecular formula is C18H21NO4. The van der Waals surface area contributed by atoms with Gasteiger partial charge >= 0.3 is 0 Å². The largest absolute Gasteiger partial charge is 0.497 e. The van der Waals surface area contributed by atoms with Crippen molar-refractivity contribution in [3.05, 3.63) is 48.5 Å². The van der Waals surface area contributed by atoms with E-state index >= 15 is 0 Å². The van der Waals surface area contributed by atoms with Crippen LogP contribution in [0.1, 0.15) is 13.8 Å². The summed E-state index contributed by atoms with van der Waals surface area (Å²) in [5.74, 6) is 1.81. The number of carbonyl (C=O) groups excluding carboxylic acids is 1. The third-order valence-corrected chi connectivity index (χ3v) is 2.92. The number of nitrogens with one attached hydrogen (secondary N) is 1. The van der Waals surface area contributed by atoms with Crippen LogP contribution in [0.25, 0.3) is 0 Å². The number of hydrogen-bond donors (Lipinski definition) is 1. The van der Waals surface area contributed by atoms with Gasteiger partial charge in [-0.2, -0.15) is 0 Å². The molecule has 0 spiro atoms. The predicted molar refractivity (Wildman–Crippen MR) is 89.3 cm³/mol. The summed E-state index contributed by atoms with van der Waals surface area (Å²) in [6.45, 7) is 3.86. The Balaban J connectivity index is 1.84. The number of benzene rings is 2. The molecule has 0 aliphatic heterocycles. The molecule has 2 aromatic rings. The Morgan fingerprint density at radius 1 is 1.04 bits per heavy atom. The number of rotatable bonds is 7. The van der Waals surface area contributed by atoms with Crippen LogP contribution in [-0.4, -0.2) is 25.7 Å². The van der Waals surface area contributed by atoms with Crippen molar-refractivity contribution in [2.45, 2.75) is 20.0 Å². The smallest absolute Gasteiger partial charge is 0.262 e. The van der Waals surface area contributed by atoms with Gasteiger partial charge in [-0.25, -0.2) is 0 Å². The van der Waals surface area contributed by atoms with Crippen LogP contribution in [0.2, 0.25) is 0 Å². The molecule has 0 aliphatic rings. The first-order chi connectivity index (χ1) is 11.1. The van der Waals surface area contributed by atoms with E-state index in [1.165, 1.54) is 0 Å². The van der Waals surface area contributed by atoms with E-state index in [0.717, 1.165) is 5.75 Å². The van der Waals surface area contributed by atoms with E-state index in [4.69, 9.17) is 14.2 Å². The van der Waals surface area contributed by atoms with Gasteiger partial charge in [0.25, 0.3) is 5.91 Å². The fourth-order valence-corrected chi connectivity index (χ4v) is 1.93. The van der Waals surface area contributed by atoms with Gasteiger partial charge < -0.3 is 19.5 Å². The molecule has 0 heterocycles. The Morgan fingerprint density at radius 2 is 1.74 bits per heavy atom. The van der Waals surface area contributed by atoms with Crippen molar-refractivity contribution in [2.75, 3.05) is 19.0 Å². The molecule has 5 heteroatoms. The van der Waals surface area contributed by atoms with Gasteiger partial charge in [-0.1, -0.05) is 6.07 Å². The molecule has 0 atom stereocenters. The topological polar surface area (TPSA) is 56.8 Å². The highest BCUT2D eigenvalue weighted by molar-refractivity contribution is 5.91. The van der Waals surface area contributed by atoms with E-state index in [0.29, 0.717) is 17.2 Å². The average molecular weight is 315 g/mol. The summed E-state index contributed by atoms with van der Waals surface area (Å²) < 4.78 is 16.1. The fourth-order valence-electron chi connectivity index (χ4n) is 1.93. The second-order valence-corrected chi connectivity index (χ2v) is 5.21. The van der Waals surface area contributed by atoms with Crippen LogP contribution in [-0.2, 0) is 4.79 Å². The first-order valence-corrected chi connectivity index (χ1v) is 7.40. The predicted octanol–water partition coefficient (Wildman–Crippen LogP) is 3.50. The first kappa shape index (κ1) is 16.7. The molecular weight excluding hydrogens is 294 g/mol. The van der Waals surface area contributed by atoms with Crippen LogP contribution in [0.15, 0.2) is 48.5 Å².